The van der Waals surface area contributed by atoms with E-state index in [2.05, 4.69) is 15.7 Å². The van der Waals surface area contributed by atoms with Gasteiger partial charge >= 0.3 is 12.1 Å². The molecule has 1 fully saturated rings. The second kappa shape index (κ2) is 5.96. The van der Waals surface area contributed by atoms with E-state index >= 15 is 0 Å². The summed E-state index contributed by atoms with van der Waals surface area (Å²) < 4.78 is 1.80. The number of hydrogen-bond acceptors (Lipinski definition) is 4. The summed E-state index contributed by atoms with van der Waals surface area (Å²) in [6, 6.07) is 5.02. The maximum Gasteiger partial charge on any atom is 0.325 e. The van der Waals surface area contributed by atoms with Gasteiger partial charge in [0.25, 0.3) is 0 Å². The lowest BCUT2D eigenvalue weighted by molar-refractivity contribution is 0.198. The average molecular weight is 305 g/mol. The summed E-state index contributed by atoms with van der Waals surface area (Å²) in [5.41, 5.74) is 0. The first kappa shape index (κ1) is 13.6. The van der Waals surface area contributed by atoms with E-state index in [0.717, 1.165) is 4.88 Å². The second-order valence-corrected chi connectivity index (χ2v) is 5.57. The number of amides is 4. The van der Waals surface area contributed by atoms with Gasteiger partial charge in [-0.2, -0.15) is 5.10 Å². The Morgan fingerprint density at radius 1 is 1.52 bits per heavy atom. The molecule has 0 aromatic carbocycles. The predicted molar refractivity (Wildman–Crippen MR) is 78.2 cm³/mol. The van der Waals surface area contributed by atoms with Crippen molar-refractivity contribution in [3.05, 3.63) is 40.8 Å². The van der Waals surface area contributed by atoms with Gasteiger partial charge in [0.05, 0.1) is 0 Å². The van der Waals surface area contributed by atoms with Crippen LogP contribution in [-0.4, -0.2) is 46.4 Å². The molecule has 0 aliphatic carbocycles. The Labute approximate surface area is 125 Å². The van der Waals surface area contributed by atoms with Crippen LogP contribution in [0.15, 0.2) is 36.0 Å². The molecule has 3 heterocycles. The third-order valence-corrected chi connectivity index (χ3v) is 4.24. The zero-order valence-corrected chi connectivity index (χ0v) is 12.0. The first-order valence-electron chi connectivity index (χ1n) is 6.61. The number of nitrogens with zero attached hydrogens (tertiary/aromatic N) is 3. The number of carbonyl (C=O) groups excluding carboxylic acids is 2. The summed E-state index contributed by atoms with van der Waals surface area (Å²) in [5, 5.41) is 11.6. The van der Waals surface area contributed by atoms with Gasteiger partial charge in [-0.25, -0.2) is 14.5 Å². The fraction of sp³-hybridized carbons (Fsp3) is 0.308. The van der Waals surface area contributed by atoms with Gasteiger partial charge in [0.1, 0.15) is 6.04 Å². The molecular formula is C13H15N5O2S. The van der Waals surface area contributed by atoms with Crippen LogP contribution < -0.4 is 10.6 Å². The maximum absolute atomic E-state index is 12.0. The molecule has 8 heteroatoms. The Hall–Kier alpha value is -2.35. The highest BCUT2D eigenvalue weighted by atomic mass is 32.1. The van der Waals surface area contributed by atoms with E-state index in [4.69, 9.17) is 0 Å². The number of nitrogens with one attached hydrogen (secondary N) is 2. The highest BCUT2D eigenvalue weighted by Gasteiger charge is 2.27. The molecule has 0 bridgehead atoms. The molecule has 0 saturated carbocycles. The van der Waals surface area contributed by atoms with Crippen molar-refractivity contribution in [1.29, 1.82) is 0 Å². The molecule has 2 aromatic heterocycles. The quantitative estimate of drug-likeness (QED) is 0.893. The number of carbonyl (C=O) groups is 2. The summed E-state index contributed by atoms with van der Waals surface area (Å²) in [6.45, 7) is 1.28. The van der Waals surface area contributed by atoms with Crippen molar-refractivity contribution in [3.8, 4) is 0 Å². The molecular weight excluding hydrogens is 290 g/mol. The van der Waals surface area contributed by atoms with Gasteiger partial charge in [-0.1, -0.05) is 6.07 Å². The minimum Gasteiger partial charge on any atom is -0.336 e. The van der Waals surface area contributed by atoms with Crippen LogP contribution in [0.25, 0.3) is 0 Å². The van der Waals surface area contributed by atoms with Crippen molar-refractivity contribution in [2.24, 2.45) is 0 Å². The largest absolute Gasteiger partial charge is 0.336 e. The van der Waals surface area contributed by atoms with Crippen LogP contribution in [0, 0.1) is 0 Å². The zero-order chi connectivity index (χ0) is 14.7. The minimum absolute atomic E-state index is 0.0744. The lowest BCUT2D eigenvalue weighted by Crippen LogP contribution is -2.43. The molecule has 1 aliphatic rings. The monoisotopic (exact) mass is 305 g/mol. The van der Waals surface area contributed by atoms with Crippen LogP contribution in [0.1, 0.15) is 10.9 Å². The molecule has 0 radical (unpaired) electrons. The van der Waals surface area contributed by atoms with Crippen LogP contribution in [0.3, 0.4) is 0 Å². The van der Waals surface area contributed by atoms with Gasteiger partial charge in [0.2, 0.25) is 0 Å². The van der Waals surface area contributed by atoms with Crippen LogP contribution in [-0.2, 0) is 0 Å². The first-order valence-corrected chi connectivity index (χ1v) is 7.49. The molecule has 0 unspecified atom stereocenters. The number of rotatable bonds is 4. The molecule has 1 saturated heterocycles. The first-order chi connectivity index (χ1) is 10.3. The number of aromatic nitrogens is 2. The molecule has 3 rings (SSSR count). The van der Waals surface area contributed by atoms with E-state index in [9.17, 15) is 9.59 Å². The molecule has 1 aliphatic heterocycles. The van der Waals surface area contributed by atoms with Crippen molar-refractivity contribution >= 4 is 23.4 Å². The Kier molecular flexibility index (Phi) is 3.87. The maximum atomic E-state index is 12.0. The highest BCUT2D eigenvalue weighted by molar-refractivity contribution is 7.10. The number of urea groups is 2. The summed E-state index contributed by atoms with van der Waals surface area (Å²) in [6.07, 6.45) is 3.56. The van der Waals surface area contributed by atoms with Gasteiger partial charge < -0.3 is 10.6 Å². The lowest BCUT2D eigenvalue weighted by atomic mass is 10.2. The molecule has 21 heavy (non-hydrogen) atoms. The molecule has 2 aromatic rings. The van der Waals surface area contributed by atoms with E-state index in [-0.39, 0.29) is 18.1 Å². The van der Waals surface area contributed by atoms with E-state index in [1.165, 1.54) is 4.90 Å². The summed E-state index contributed by atoms with van der Waals surface area (Å²) in [4.78, 5) is 25.8. The lowest BCUT2D eigenvalue weighted by Gasteiger charge is -2.19. The molecule has 0 spiro atoms. The van der Waals surface area contributed by atoms with Crippen LogP contribution in [0.2, 0.25) is 0 Å². The smallest absolute Gasteiger partial charge is 0.325 e. The third-order valence-electron chi connectivity index (χ3n) is 3.26. The normalized spacial score (nSPS) is 15.8. The number of hydrogen-bond donors (Lipinski definition) is 2. The van der Waals surface area contributed by atoms with E-state index in [1.54, 1.807) is 22.2 Å². The van der Waals surface area contributed by atoms with Crippen LogP contribution in [0.5, 0.6) is 0 Å². The van der Waals surface area contributed by atoms with Gasteiger partial charge in [-0.3, -0.25) is 4.68 Å². The van der Waals surface area contributed by atoms with Gasteiger partial charge in [-0.05, 0) is 17.5 Å². The Bertz CT molecular complexity index is 576. The van der Waals surface area contributed by atoms with Gasteiger partial charge in [-0.15, -0.1) is 11.3 Å². The highest BCUT2D eigenvalue weighted by Crippen LogP contribution is 2.21. The standard InChI is InChI=1S/C13H15N5O2S/c19-12-14-5-7-17(12)13(20)15-9-10(11-3-1-8-21-11)18-6-2-4-16-18/h1-4,6,8,10H,5,7,9H2,(H,14,19)(H,15,20)/t10-/m0/s1. The number of thiophene rings is 1. The zero-order valence-electron chi connectivity index (χ0n) is 11.2. The SMILES string of the molecule is O=C1NCCN1C(=O)NC[C@@H](c1cccs1)n1cccn1. The average Bonchev–Trinajstić information content (AvgIpc) is 3.21. The van der Waals surface area contributed by atoms with E-state index < -0.39 is 0 Å². The van der Waals surface area contributed by atoms with Gasteiger partial charge in [0, 0.05) is 36.9 Å². The van der Waals surface area contributed by atoms with Crippen LogP contribution in [0.4, 0.5) is 9.59 Å². The Morgan fingerprint density at radius 3 is 3.05 bits per heavy atom. The number of imide groups is 1. The van der Waals surface area contributed by atoms with Crippen LogP contribution >= 0.6 is 11.3 Å². The van der Waals surface area contributed by atoms with Crippen molar-refractivity contribution < 1.29 is 9.59 Å². The van der Waals surface area contributed by atoms with Crippen molar-refractivity contribution in [3.63, 3.8) is 0 Å². The van der Waals surface area contributed by atoms with E-state index in [0.29, 0.717) is 19.6 Å². The molecule has 4 amide bonds. The molecule has 2 N–H and O–H groups in total. The summed E-state index contributed by atoms with van der Waals surface area (Å²) in [7, 11) is 0. The predicted octanol–water partition coefficient (Wildman–Crippen LogP) is 1.27. The van der Waals surface area contributed by atoms with E-state index in [1.807, 2.05) is 29.8 Å². The van der Waals surface area contributed by atoms with Crippen molar-refractivity contribution in [1.82, 2.24) is 25.3 Å². The minimum atomic E-state index is -0.376. The fourth-order valence-electron chi connectivity index (χ4n) is 2.22. The molecule has 110 valence electrons. The van der Waals surface area contributed by atoms with Crippen molar-refractivity contribution in [2.75, 3.05) is 19.6 Å². The second-order valence-electron chi connectivity index (χ2n) is 4.59. The Morgan fingerprint density at radius 2 is 2.43 bits per heavy atom. The fourth-order valence-corrected chi connectivity index (χ4v) is 3.03. The molecule has 1 atom stereocenters. The van der Waals surface area contributed by atoms with Crippen molar-refractivity contribution in [2.45, 2.75) is 6.04 Å². The third kappa shape index (κ3) is 2.89. The molecule has 7 nitrogen and oxygen atoms in total. The Balaban J connectivity index is 1.68. The summed E-state index contributed by atoms with van der Waals surface area (Å²) in [5.74, 6) is 0. The topological polar surface area (TPSA) is 79.3 Å². The van der Waals surface area contributed by atoms with Gasteiger partial charge in [0.15, 0.2) is 0 Å². The summed E-state index contributed by atoms with van der Waals surface area (Å²) >= 11 is 1.61.